The number of rotatable bonds is 5. The van der Waals surface area contributed by atoms with Crippen molar-refractivity contribution in [2.75, 3.05) is 38.1 Å². The Kier molecular flexibility index (Phi) is 7.05. The van der Waals surface area contributed by atoms with Gasteiger partial charge in [0, 0.05) is 61.1 Å². The van der Waals surface area contributed by atoms with Crippen molar-refractivity contribution < 1.29 is 9.18 Å². The Bertz CT molecular complexity index is 1530. The summed E-state index contributed by atoms with van der Waals surface area (Å²) in [6.45, 7) is 6.99. The molecule has 2 atom stereocenters. The normalized spacial score (nSPS) is 20.3. The molecular formula is C32H35ClFN5O. The maximum Gasteiger partial charge on any atom is 0.231 e. The number of carbonyl (C=O) groups is 1. The molecule has 4 aromatic rings. The molecule has 4 heterocycles. The van der Waals surface area contributed by atoms with Gasteiger partial charge < -0.3 is 14.8 Å². The van der Waals surface area contributed by atoms with Crippen LogP contribution in [-0.2, 0) is 4.79 Å². The molecule has 2 aliphatic heterocycles. The number of pyridine rings is 1. The topological polar surface area (TPSA) is 55.5 Å². The molecule has 0 aliphatic carbocycles. The van der Waals surface area contributed by atoms with E-state index in [9.17, 15) is 9.18 Å². The monoisotopic (exact) mass is 559 g/mol. The molecular weight excluding hydrogens is 525 g/mol. The number of aromatic amines is 1. The van der Waals surface area contributed by atoms with Gasteiger partial charge in [0.1, 0.15) is 11.5 Å². The molecule has 2 aliphatic rings. The lowest BCUT2D eigenvalue weighted by Crippen LogP contribution is -2.53. The number of carbonyl (C=O) groups excluding carboxylic acids is 1. The largest absolute Gasteiger partial charge is 0.367 e. The number of benzene rings is 2. The highest BCUT2D eigenvalue weighted by Crippen LogP contribution is 2.41. The third-order valence-electron chi connectivity index (χ3n) is 9.01. The molecule has 6 nitrogen and oxygen atoms in total. The Labute approximate surface area is 239 Å². The fourth-order valence-electron chi connectivity index (χ4n) is 6.46. The zero-order valence-electron chi connectivity index (χ0n) is 23.2. The highest BCUT2D eigenvalue weighted by molar-refractivity contribution is 6.30. The Morgan fingerprint density at radius 1 is 1.10 bits per heavy atom. The molecule has 2 aromatic carbocycles. The number of aromatic nitrogens is 2. The first kappa shape index (κ1) is 26.8. The standard InChI is InChI=1S/C32H35ClFN5O/c1-32(2)13-11-27(37(32)3)28(22-9-10-25(33)26(34)19-22)31(40)39-17-15-38(16-18-39)29-23-12-14-35-30(23)36-20-24(29)21-7-5-4-6-8-21/h4-10,12,14,19-20,27-28H,11,13,15-18H2,1-3H3,(H,35,36)/t27-,28-/m0/s1. The summed E-state index contributed by atoms with van der Waals surface area (Å²) in [4.78, 5) is 28.8. The lowest BCUT2D eigenvalue weighted by Gasteiger charge is -2.41. The number of nitrogens with zero attached hydrogens (tertiary/aromatic N) is 4. The number of hydrogen-bond acceptors (Lipinski definition) is 4. The van der Waals surface area contributed by atoms with Gasteiger partial charge in [-0.3, -0.25) is 9.69 Å². The summed E-state index contributed by atoms with van der Waals surface area (Å²) in [5.41, 5.74) is 4.85. The Balaban J connectivity index is 1.29. The number of likely N-dealkylation sites (N-methyl/N-ethyl adjacent to an activating group) is 1. The zero-order valence-corrected chi connectivity index (χ0v) is 24.0. The van der Waals surface area contributed by atoms with E-state index in [1.807, 2.05) is 41.6 Å². The van der Waals surface area contributed by atoms with Crippen LogP contribution in [0, 0.1) is 5.82 Å². The number of halogens is 2. The average Bonchev–Trinajstić information content (AvgIpc) is 3.55. The smallest absolute Gasteiger partial charge is 0.231 e. The van der Waals surface area contributed by atoms with Crippen LogP contribution in [0.1, 0.15) is 38.2 Å². The van der Waals surface area contributed by atoms with Gasteiger partial charge in [-0.05, 0) is 63.1 Å². The molecule has 0 spiro atoms. The van der Waals surface area contributed by atoms with Crippen LogP contribution < -0.4 is 4.90 Å². The number of amides is 1. The van der Waals surface area contributed by atoms with Crippen LogP contribution in [0.25, 0.3) is 22.2 Å². The van der Waals surface area contributed by atoms with Gasteiger partial charge in [0.05, 0.1) is 16.6 Å². The quantitative estimate of drug-likeness (QED) is 0.310. The number of anilines is 1. The van der Waals surface area contributed by atoms with Crippen LogP contribution >= 0.6 is 11.6 Å². The molecule has 2 saturated heterocycles. The van der Waals surface area contributed by atoms with Gasteiger partial charge in [-0.15, -0.1) is 0 Å². The zero-order chi connectivity index (χ0) is 28.0. The summed E-state index contributed by atoms with van der Waals surface area (Å²) in [5, 5.41) is 1.15. The van der Waals surface area contributed by atoms with E-state index in [1.54, 1.807) is 6.07 Å². The van der Waals surface area contributed by atoms with Gasteiger partial charge in [0.2, 0.25) is 5.91 Å². The van der Waals surface area contributed by atoms with Crippen molar-refractivity contribution in [3.05, 3.63) is 83.4 Å². The fourth-order valence-corrected chi connectivity index (χ4v) is 6.57. The highest BCUT2D eigenvalue weighted by Gasteiger charge is 2.45. The third-order valence-corrected chi connectivity index (χ3v) is 9.31. The summed E-state index contributed by atoms with van der Waals surface area (Å²) in [7, 11) is 2.08. The van der Waals surface area contributed by atoms with E-state index in [4.69, 9.17) is 11.6 Å². The molecule has 8 heteroatoms. The second-order valence-electron chi connectivity index (χ2n) is 11.6. The third kappa shape index (κ3) is 4.75. The van der Waals surface area contributed by atoms with E-state index in [2.05, 4.69) is 58.9 Å². The summed E-state index contributed by atoms with van der Waals surface area (Å²) >= 11 is 6.02. The second kappa shape index (κ2) is 10.5. The van der Waals surface area contributed by atoms with Crippen molar-refractivity contribution in [3.63, 3.8) is 0 Å². The van der Waals surface area contributed by atoms with E-state index in [1.165, 1.54) is 6.07 Å². The van der Waals surface area contributed by atoms with Gasteiger partial charge in [0.15, 0.2) is 0 Å². The highest BCUT2D eigenvalue weighted by atomic mass is 35.5. The maximum absolute atomic E-state index is 14.6. The van der Waals surface area contributed by atoms with Gasteiger partial charge in [0.25, 0.3) is 0 Å². The van der Waals surface area contributed by atoms with Crippen molar-refractivity contribution in [2.24, 2.45) is 0 Å². The number of fused-ring (bicyclic) bond motifs is 1. The minimum Gasteiger partial charge on any atom is -0.367 e. The lowest BCUT2D eigenvalue weighted by molar-refractivity contribution is -0.134. The van der Waals surface area contributed by atoms with Crippen molar-refractivity contribution in [1.29, 1.82) is 0 Å². The number of hydrogen-bond donors (Lipinski definition) is 1. The first-order valence-corrected chi connectivity index (χ1v) is 14.4. The number of nitrogens with one attached hydrogen (secondary N) is 1. The Morgan fingerprint density at radius 2 is 1.85 bits per heavy atom. The lowest BCUT2D eigenvalue weighted by atomic mass is 9.88. The molecule has 0 bridgehead atoms. The van der Waals surface area contributed by atoms with E-state index >= 15 is 0 Å². The molecule has 0 radical (unpaired) electrons. The number of H-pyrrole nitrogens is 1. The van der Waals surface area contributed by atoms with Crippen LogP contribution in [-0.4, -0.2) is 70.5 Å². The first-order chi connectivity index (χ1) is 19.2. The SMILES string of the molecule is CN1[C@H]([C@@H](C(=O)N2CCN(c3c(-c4ccccc4)cnc4[nH]ccc34)CC2)c2ccc(Cl)c(F)c2)CCC1(C)C. The van der Waals surface area contributed by atoms with Crippen LogP contribution in [0.2, 0.25) is 5.02 Å². The van der Waals surface area contributed by atoms with Crippen LogP contribution in [0.4, 0.5) is 10.1 Å². The average molecular weight is 560 g/mol. The van der Waals surface area contributed by atoms with Gasteiger partial charge in [-0.2, -0.15) is 0 Å². The Hall–Kier alpha value is -3.42. The maximum atomic E-state index is 14.6. The number of likely N-dealkylation sites (tertiary alicyclic amines) is 1. The molecule has 2 fully saturated rings. The summed E-state index contributed by atoms with van der Waals surface area (Å²) in [5.74, 6) is -0.883. The van der Waals surface area contributed by atoms with E-state index < -0.39 is 11.7 Å². The molecule has 1 N–H and O–H groups in total. The molecule has 208 valence electrons. The minimum atomic E-state index is -0.483. The molecule has 6 rings (SSSR count). The van der Waals surface area contributed by atoms with Crippen LogP contribution in [0.3, 0.4) is 0 Å². The predicted molar refractivity (Wildman–Crippen MR) is 159 cm³/mol. The summed E-state index contributed by atoms with van der Waals surface area (Å²) in [6, 6.07) is 17.2. The van der Waals surface area contributed by atoms with E-state index in [-0.39, 0.29) is 22.5 Å². The van der Waals surface area contributed by atoms with Gasteiger partial charge >= 0.3 is 0 Å². The Morgan fingerprint density at radius 3 is 2.52 bits per heavy atom. The van der Waals surface area contributed by atoms with Crippen molar-refractivity contribution >= 4 is 34.2 Å². The van der Waals surface area contributed by atoms with Gasteiger partial charge in [-0.25, -0.2) is 9.37 Å². The van der Waals surface area contributed by atoms with Crippen LogP contribution in [0.15, 0.2) is 67.0 Å². The summed E-state index contributed by atoms with van der Waals surface area (Å²) in [6.07, 6.45) is 5.72. The van der Waals surface area contributed by atoms with Crippen LogP contribution in [0.5, 0.6) is 0 Å². The second-order valence-corrected chi connectivity index (χ2v) is 12.0. The van der Waals surface area contributed by atoms with Crippen molar-refractivity contribution in [1.82, 2.24) is 19.8 Å². The van der Waals surface area contributed by atoms with Gasteiger partial charge in [-0.1, -0.05) is 48.0 Å². The summed E-state index contributed by atoms with van der Waals surface area (Å²) < 4.78 is 14.6. The fraction of sp³-hybridized carbons (Fsp3) is 0.375. The first-order valence-electron chi connectivity index (χ1n) is 14.0. The van der Waals surface area contributed by atoms with Crippen molar-refractivity contribution in [3.8, 4) is 11.1 Å². The number of piperazine rings is 1. The molecule has 0 unspecified atom stereocenters. The molecule has 0 saturated carbocycles. The van der Waals surface area contributed by atoms with Crippen molar-refractivity contribution in [2.45, 2.75) is 44.2 Å². The predicted octanol–water partition coefficient (Wildman–Crippen LogP) is 6.33. The molecule has 1 amide bonds. The van der Waals surface area contributed by atoms with E-state index in [0.29, 0.717) is 31.7 Å². The molecule has 40 heavy (non-hydrogen) atoms. The molecule has 2 aromatic heterocycles. The van der Waals surface area contributed by atoms with E-state index in [0.717, 1.165) is 40.7 Å². The minimum absolute atomic E-state index is 0.00883.